The van der Waals surface area contributed by atoms with Gasteiger partial charge in [-0.15, -0.1) is 11.3 Å². The van der Waals surface area contributed by atoms with E-state index in [0.717, 1.165) is 11.3 Å². The van der Waals surface area contributed by atoms with Crippen molar-refractivity contribution in [2.75, 3.05) is 6.54 Å². The molecule has 2 aromatic heterocycles. The second kappa shape index (κ2) is 5.41. The van der Waals surface area contributed by atoms with Crippen LogP contribution in [0.15, 0.2) is 24.1 Å². The number of amides is 1. The van der Waals surface area contributed by atoms with Gasteiger partial charge in [0.1, 0.15) is 0 Å². The number of carbonyl (C=O) groups excluding carboxylic acids is 1. The van der Waals surface area contributed by atoms with Crippen LogP contribution in [0, 0.1) is 0 Å². The zero-order valence-corrected chi connectivity index (χ0v) is 10.1. The molecule has 0 bridgehead atoms. The van der Waals surface area contributed by atoms with E-state index in [1.54, 1.807) is 18.7 Å². The second-order valence-corrected chi connectivity index (χ2v) is 4.26. The van der Waals surface area contributed by atoms with Crippen LogP contribution in [0.4, 0.5) is 0 Å². The summed E-state index contributed by atoms with van der Waals surface area (Å²) in [5.74, 6) is -1.50. The Kier molecular flexibility index (Phi) is 3.68. The summed E-state index contributed by atoms with van der Waals surface area (Å²) >= 11 is 1.01. The van der Waals surface area contributed by atoms with Crippen LogP contribution in [0.25, 0.3) is 0 Å². The summed E-state index contributed by atoms with van der Waals surface area (Å²) in [6.45, 7) is 1.03. The molecule has 2 N–H and O–H groups in total. The van der Waals surface area contributed by atoms with E-state index in [1.165, 1.54) is 5.38 Å². The molecule has 0 unspecified atom stereocenters. The third-order valence-electron chi connectivity index (χ3n) is 2.13. The minimum Gasteiger partial charge on any atom is -0.476 e. The molecule has 0 aliphatic carbocycles. The number of hydrogen-bond acceptors (Lipinski definition) is 5. The number of carboxylic acid groups (broad SMARTS) is 1. The summed E-state index contributed by atoms with van der Waals surface area (Å²) in [4.78, 5) is 29.8. The average molecular weight is 266 g/mol. The maximum atomic E-state index is 11.6. The number of aromatic carboxylic acids is 1. The number of carboxylic acids is 1. The van der Waals surface area contributed by atoms with Crippen LogP contribution in [0.2, 0.25) is 0 Å². The van der Waals surface area contributed by atoms with Crippen molar-refractivity contribution < 1.29 is 14.7 Å². The molecule has 0 spiro atoms. The van der Waals surface area contributed by atoms with Gasteiger partial charge in [-0.05, 0) is 0 Å². The molecular weight excluding hydrogens is 256 g/mol. The Morgan fingerprint density at radius 2 is 2.33 bits per heavy atom. The highest BCUT2D eigenvalue weighted by Crippen LogP contribution is 2.09. The van der Waals surface area contributed by atoms with Crippen LogP contribution < -0.4 is 5.32 Å². The van der Waals surface area contributed by atoms with Gasteiger partial charge < -0.3 is 15.0 Å². The van der Waals surface area contributed by atoms with Crippen LogP contribution >= 0.6 is 11.3 Å². The number of rotatable bonds is 5. The van der Waals surface area contributed by atoms with Crippen molar-refractivity contribution in [1.82, 2.24) is 19.9 Å². The SMILES string of the molecule is O=C(O)c1csc(C(=O)NCCn2ccnc2)n1. The van der Waals surface area contributed by atoms with Crippen molar-refractivity contribution in [3.8, 4) is 0 Å². The molecule has 2 aromatic rings. The zero-order valence-electron chi connectivity index (χ0n) is 9.24. The predicted octanol–water partition coefficient (Wildman–Crippen LogP) is 0.468. The van der Waals surface area contributed by atoms with Crippen LogP contribution in [-0.4, -0.2) is 38.1 Å². The summed E-state index contributed by atoms with van der Waals surface area (Å²) in [6, 6.07) is 0. The lowest BCUT2D eigenvalue weighted by Gasteiger charge is -2.03. The molecule has 2 rings (SSSR count). The highest BCUT2D eigenvalue weighted by Gasteiger charge is 2.13. The van der Waals surface area contributed by atoms with E-state index in [1.807, 2.05) is 4.57 Å². The molecule has 94 valence electrons. The quantitative estimate of drug-likeness (QED) is 0.819. The molecule has 7 nitrogen and oxygen atoms in total. The van der Waals surface area contributed by atoms with Crippen molar-refractivity contribution in [2.24, 2.45) is 0 Å². The van der Waals surface area contributed by atoms with Gasteiger partial charge in [0.05, 0.1) is 6.33 Å². The molecule has 0 atom stereocenters. The average Bonchev–Trinajstić information content (AvgIpc) is 2.99. The third-order valence-corrected chi connectivity index (χ3v) is 2.97. The van der Waals surface area contributed by atoms with E-state index < -0.39 is 5.97 Å². The van der Waals surface area contributed by atoms with E-state index in [-0.39, 0.29) is 16.6 Å². The topological polar surface area (TPSA) is 97.1 Å². The van der Waals surface area contributed by atoms with E-state index >= 15 is 0 Å². The smallest absolute Gasteiger partial charge is 0.355 e. The first-order valence-corrected chi connectivity index (χ1v) is 5.97. The molecule has 0 aromatic carbocycles. The molecule has 0 aliphatic rings. The van der Waals surface area contributed by atoms with Gasteiger partial charge in [0.2, 0.25) is 0 Å². The van der Waals surface area contributed by atoms with Crippen LogP contribution in [0.3, 0.4) is 0 Å². The molecule has 0 aliphatic heterocycles. The Balaban J connectivity index is 1.85. The summed E-state index contributed by atoms with van der Waals surface area (Å²) in [5, 5.41) is 12.8. The molecule has 1 amide bonds. The van der Waals surface area contributed by atoms with Crippen LogP contribution in [-0.2, 0) is 6.54 Å². The van der Waals surface area contributed by atoms with Gasteiger partial charge in [0, 0.05) is 30.9 Å². The molecule has 0 saturated carbocycles. The molecule has 8 heteroatoms. The Hall–Kier alpha value is -2.22. The molecule has 0 radical (unpaired) electrons. The lowest BCUT2D eigenvalue weighted by atomic mass is 10.5. The monoisotopic (exact) mass is 266 g/mol. The molecule has 0 fully saturated rings. The molecule has 18 heavy (non-hydrogen) atoms. The van der Waals surface area contributed by atoms with E-state index in [4.69, 9.17) is 5.11 Å². The number of thiazole rings is 1. The minimum absolute atomic E-state index is 0.111. The van der Waals surface area contributed by atoms with Gasteiger partial charge >= 0.3 is 5.97 Å². The first kappa shape index (κ1) is 12.2. The Morgan fingerprint density at radius 1 is 1.50 bits per heavy atom. The van der Waals surface area contributed by atoms with Crippen LogP contribution in [0.1, 0.15) is 20.3 Å². The van der Waals surface area contributed by atoms with E-state index in [0.29, 0.717) is 13.1 Å². The summed E-state index contributed by atoms with van der Waals surface area (Å²) in [5.41, 5.74) is -0.111. The number of carbonyl (C=O) groups is 2. The largest absolute Gasteiger partial charge is 0.476 e. The summed E-state index contributed by atoms with van der Waals surface area (Å²) in [7, 11) is 0. The Morgan fingerprint density at radius 3 is 2.94 bits per heavy atom. The first-order valence-electron chi connectivity index (χ1n) is 5.09. The van der Waals surface area contributed by atoms with Crippen molar-refractivity contribution in [1.29, 1.82) is 0 Å². The minimum atomic E-state index is -1.14. The zero-order chi connectivity index (χ0) is 13.0. The van der Waals surface area contributed by atoms with E-state index in [9.17, 15) is 9.59 Å². The number of hydrogen-bond donors (Lipinski definition) is 2. The lowest BCUT2D eigenvalue weighted by molar-refractivity contribution is 0.0691. The van der Waals surface area contributed by atoms with Gasteiger partial charge in [-0.25, -0.2) is 14.8 Å². The maximum Gasteiger partial charge on any atom is 0.355 e. The number of nitrogens with zero attached hydrogens (tertiary/aromatic N) is 3. The van der Waals surface area contributed by atoms with E-state index in [2.05, 4.69) is 15.3 Å². The van der Waals surface area contributed by atoms with Gasteiger partial charge in [-0.3, -0.25) is 4.79 Å². The first-order chi connectivity index (χ1) is 8.66. The number of nitrogens with one attached hydrogen (secondary N) is 1. The van der Waals surface area contributed by atoms with Gasteiger partial charge in [0.25, 0.3) is 5.91 Å². The van der Waals surface area contributed by atoms with Gasteiger partial charge in [-0.2, -0.15) is 0 Å². The van der Waals surface area contributed by atoms with Crippen molar-refractivity contribution in [2.45, 2.75) is 6.54 Å². The predicted molar refractivity (Wildman–Crippen MR) is 63.6 cm³/mol. The normalized spacial score (nSPS) is 10.2. The molecule has 0 saturated heterocycles. The standard InChI is InChI=1S/C10H10N4O3S/c15-8(9-13-7(5-18-9)10(16)17)12-2-4-14-3-1-11-6-14/h1,3,5-6H,2,4H2,(H,12,15)(H,16,17). The Labute approximate surface area is 106 Å². The fraction of sp³-hybridized carbons (Fsp3) is 0.200. The fourth-order valence-electron chi connectivity index (χ4n) is 1.27. The number of imidazole rings is 1. The van der Waals surface area contributed by atoms with Crippen molar-refractivity contribution >= 4 is 23.2 Å². The summed E-state index contributed by atoms with van der Waals surface area (Å²) < 4.78 is 1.82. The Bertz CT molecular complexity index is 549. The van der Waals surface area contributed by atoms with Gasteiger partial charge in [-0.1, -0.05) is 0 Å². The third kappa shape index (κ3) is 2.92. The molecular formula is C10H10N4O3S. The molecule has 2 heterocycles. The fourth-order valence-corrected chi connectivity index (χ4v) is 1.98. The lowest BCUT2D eigenvalue weighted by Crippen LogP contribution is -2.27. The van der Waals surface area contributed by atoms with Crippen molar-refractivity contribution in [3.63, 3.8) is 0 Å². The highest BCUT2D eigenvalue weighted by atomic mass is 32.1. The summed E-state index contributed by atoms with van der Waals surface area (Å²) in [6.07, 6.45) is 5.10. The maximum absolute atomic E-state index is 11.6. The number of aromatic nitrogens is 3. The van der Waals surface area contributed by atoms with Gasteiger partial charge in [0.15, 0.2) is 10.7 Å². The van der Waals surface area contributed by atoms with Crippen LogP contribution in [0.5, 0.6) is 0 Å². The highest BCUT2D eigenvalue weighted by molar-refractivity contribution is 7.11. The van der Waals surface area contributed by atoms with Crippen molar-refractivity contribution in [3.05, 3.63) is 34.8 Å². The second-order valence-electron chi connectivity index (χ2n) is 3.40.